The summed E-state index contributed by atoms with van der Waals surface area (Å²) in [5.74, 6) is -0.0754. The molecule has 0 saturated heterocycles. The fraction of sp³-hybridized carbons (Fsp3) is 0.250. The van der Waals surface area contributed by atoms with Crippen molar-refractivity contribution in [3.8, 4) is 0 Å². The average molecular weight is 269 g/mol. The first-order valence-electron chi connectivity index (χ1n) is 6.62. The molecule has 1 amide bonds. The maximum atomic E-state index is 12.6. The molecule has 1 aromatic carbocycles. The average Bonchev–Trinajstić information content (AvgIpc) is 2.44. The summed E-state index contributed by atoms with van der Waals surface area (Å²) in [6, 6.07) is 9.60. The molecule has 0 atom stereocenters. The van der Waals surface area contributed by atoms with Crippen molar-refractivity contribution in [2.24, 2.45) is 5.73 Å². The van der Waals surface area contributed by atoms with Crippen LogP contribution >= 0.6 is 0 Å². The molecule has 1 heterocycles. The van der Waals surface area contributed by atoms with Gasteiger partial charge in [-0.25, -0.2) is 0 Å². The third-order valence-electron chi connectivity index (χ3n) is 3.02. The molecule has 20 heavy (non-hydrogen) atoms. The Morgan fingerprint density at radius 2 is 1.95 bits per heavy atom. The quantitative estimate of drug-likeness (QED) is 0.926. The Morgan fingerprint density at radius 3 is 2.50 bits per heavy atom. The highest BCUT2D eigenvalue weighted by molar-refractivity contribution is 6.06. The second kappa shape index (κ2) is 6.30. The van der Waals surface area contributed by atoms with E-state index in [-0.39, 0.29) is 5.91 Å². The molecule has 0 spiro atoms. The molecule has 0 unspecified atom stereocenters. The van der Waals surface area contributed by atoms with Gasteiger partial charge in [-0.3, -0.25) is 9.78 Å². The first kappa shape index (κ1) is 14.2. The van der Waals surface area contributed by atoms with Crippen LogP contribution in [0.25, 0.3) is 0 Å². The van der Waals surface area contributed by atoms with Gasteiger partial charge in [0.1, 0.15) is 0 Å². The molecule has 0 bridgehead atoms. The van der Waals surface area contributed by atoms with E-state index >= 15 is 0 Å². The smallest absolute Gasteiger partial charge is 0.259 e. The molecule has 0 fully saturated rings. The number of amides is 1. The van der Waals surface area contributed by atoms with E-state index in [0.29, 0.717) is 18.7 Å². The lowest BCUT2D eigenvalue weighted by Gasteiger charge is -2.23. The zero-order valence-corrected chi connectivity index (χ0v) is 11.8. The lowest BCUT2D eigenvalue weighted by molar-refractivity contribution is 0.0987. The molecule has 2 aromatic rings. The van der Waals surface area contributed by atoms with Crippen molar-refractivity contribution in [1.29, 1.82) is 0 Å². The maximum Gasteiger partial charge on any atom is 0.259 e. The molecule has 4 heteroatoms. The number of carbonyl (C=O) groups excluding carboxylic acids is 1. The van der Waals surface area contributed by atoms with E-state index in [2.05, 4.69) is 11.1 Å². The molecule has 0 aliphatic rings. The van der Waals surface area contributed by atoms with Gasteiger partial charge in [0.2, 0.25) is 0 Å². The number of nitrogens with zero attached hydrogens (tertiary/aromatic N) is 2. The Bertz CT molecular complexity index is 576. The summed E-state index contributed by atoms with van der Waals surface area (Å²) in [5.41, 5.74) is 9.35. The summed E-state index contributed by atoms with van der Waals surface area (Å²) >= 11 is 0. The topological polar surface area (TPSA) is 59.2 Å². The summed E-state index contributed by atoms with van der Waals surface area (Å²) in [7, 11) is 0. The summed E-state index contributed by atoms with van der Waals surface area (Å²) in [4.78, 5) is 18.3. The van der Waals surface area contributed by atoms with Crippen molar-refractivity contribution in [2.45, 2.75) is 13.8 Å². The molecule has 104 valence electrons. The van der Waals surface area contributed by atoms with Crippen LogP contribution in [-0.4, -0.2) is 24.0 Å². The highest BCUT2D eigenvalue weighted by atomic mass is 16.2. The van der Waals surface area contributed by atoms with E-state index in [1.54, 1.807) is 29.4 Å². The van der Waals surface area contributed by atoms with Crippen LogP contribution in [0, 0.1) is 13.8 Å². The minimum atomic E-state index is -0.0754. The molecule has 4 nitrogen and oxygen atoms in total. The maximum absolute atomic E-state index is 12.6. The van der Waals surface area contributed by atoms with Crippen LogP contribution < -0.4 is 10.6 Å². The number of carbonyl (C=O) groups is 1. The summed E-state index contributed by atoms with van der Waals surface area (Å²) in [6.45, 7) is 4.94. The fourth-order valence-electron chi connectivity index (χ4n) is 2.23. The molecule has 1 aromatic heterocycles. The predicted molar refractivity (Wildman–Crippen MR) is 80.9 cm³/mol. The Balaban J connectivity index is 2.38. The minimum absolute atomic E-state index is 0.0754. The van der Waals surface area contributed by atoms with Gasteiger partial charge in [-0.1, -0.05) is 6.07 Å². The SMILES string of the molecule is Cc1cc(C)cc(N(CCN)C(=O)c2cccnc2)c1. The van der Waals surface area contributed by atoms with E-state index in [1.807, 2.05) is 26.0 Å². The van der Waals surface area contributed by atoms with E-state index in [9.17, 15) is 4.79 Å². The van der Waals surface area contributed by atoms with Gasteiger partial charge in [0.25, 0.3) is 5.91 Å². The van der Waals surface area contributed by atoms with Crippen molar-refractivity contribution in [1.82, 2.24) is 4.98 Å². The highest BCUT2D eigenvalue weighted by Gasteiger charge is 2.17. The number of anilines is 1. The van der Waals surface area contributed by atoms with Gasteiger partial charge in [-0.05, 0) is 49.2 Å². The van der Waals surface area contributed by atoms with Crippen LogP contribution in [0.15, 0.2) is 42.7 Å². The van der Waals surface area contributed by atoms with E-state index in [1.165, 1.54) is 0 Å². The third-order valence-corrected chi connectivity index (χ3v) is 3.02. The molecule has 0 radical (unpaired) electrons. The zero-order valence-electron chi connectivity index (χ0n) is 11.8. The van der Waals surface area contributed by atoms with Crippen LogP contribution in [-0.2, 0) is 0 Å². The number of pyridine rings is 1. The molecule has 2 N–H and O–H groups in total. The number of hydrogen-bond acceptors (Lipinski definition) is 3. The standard InChI is InChI=1S/C16H19N3O/c1-12-8-13(2)10-15(9-12)19(7-5-17)16(20)14-4-3-6-18-11-14/h3-4,6,8-11H,5,7,17H2,1-2H3. The molecule has 2 rings (SSSR count). The highest BCUT2D eigenvalue weighted by Crippen LogP contribution is 2.20. The number of benzene rings is 1. The third kappa shape index (κ3) is 3.22. The van der Waals surface area contributed by atoms with Crippen molar-refractivity contribution in [3.63, 3.8) is 0 Å². The number of rotatable bonds is 4. The van der Waals surface area contributed by atoms with Gasteiger partial charge >= 0.3 is 0 Å². The molecular weight excluding hydrogens is 250 g/mol. The molecule has 0 aliphatic heterocycles. The van der Waals surface area contributed by atoms with E-state index in [0.717, 1.165) is 16.8 Å². The van der Waals surface area contributed by atoms with Gasteiger partial charge in [0.05, 0.1) is 5.56 Å². The number of hydrogen-bond donors (Lipinski definition) is 1. The monoisotopic (exact) mass is 269 g/mol. The van der Waals surface area contributed by atoms with Crippen LogP contribution in [0.4, 0.5) is 5.69 Å². The van der Waals surface area contributed by atoms with Crippen molar-refractivity contribution < 1.29 is 4.79 Å². The van der Waals surface area contributed by atoms with Crippen molar-refractivity contribution >= 4 is 11.6 Å². The molecular formula is C16H19N3O. The van der Waals surface area contributed by atoms with E-state index in [4.69, 9.17) is 5.73 Å². The summed E-state index contributed by atoms with van der Waals surface area (Å²) < 4.78 is 0. The second-order valence-electron chi connectivity index (χ2n) is 4.83. The first-order chi connectivity index (χ1) is 9.61. The summed E-state index contributed by atoms with van der Waals surface area (Å²) in [6.07, 6.45) is 3.23. The van der Waals surface area contributed by atoms with Crippen LogP contribution in [0.3, 0.4) is 0 Å². The van der Waals surface area contributed by atoms with Crippen molar-refractivity contribution in [2.75, 3.05) is 18.0 Å². The Morgan fingerprint density at radius 1 is 1.25 bits per heavy atom. The Hall–Kier alpha value is -2.20. The number of aryl methyl sites for hydroxylation is 2. The number of nitrogens with two attached hydrogens (primary N) is 1. The molecule has 0 aliphatic carbocycles. The van der Waals surface area contributed by atoms with Gasteiger partial charge in [-0.15, -0.1) is 0 Å². The van der Waals surface area contributed by atoms with Crippen LogP contribution in [0.5, 0.6) is 0 Å². The fourth-order valence-corrected chi connectivity index (χ4v) is 2.23. The van der Waals surface area contributed by atoms with Crippen LogP contribution in [0.2, 0.25) is 0 Å². The van der Waals surface area contributed by atoms with Crippen LogP contribution in [0.1, 0.15) is 21.5 Å². The minimum Gasteiger partial charge on any atom is -0.329 e. The van der Waals surface area contributed by atoms with Gasteiger partial charge < -0.3 is 10.6 Å². The van der Waals surface area contributed by atoms with Gasteiger partial charge in [-0.2, -0.15) is 0 Å². The Kier molecular flexibility index (Phi) is 4.48. The normalized spacial score (nSPS) is 10.3. The predicted octanol–water partition coefficient (Wildman–Crippen LogP) is 2.30. The van der Waals surface area contributed by atoms with Crippen molar-refractivity contribution in [3.05, 3.63) is 59.4 Å². The lowest BCUT2D eigenvalue weighted by atomic mass is 10.1. The summed E-state index contributed by atoms with van der Waals surface area (Å²) in [5, 5.41) is 0. The first-order valence-corrected chi connectivity index (χ1v) is 6.62. The lowest BCUT2D eigenvalue weighted by Crippen LogP contribution is -2.35. The molecule has 0 saturated carbocycles. The number of aromatic nitrogens is 1. The zero-order chi connectivity index (χ0) is 14.5. The van der Waals surface area contributed by atoms with Gasteiger partial charge in [0.15, 0.2) is 0 Å². The Labute approximate surface area is 119 Å². The second-order valence-corrected chi connectivity index (χ2v) is 4.83. The largest absolute Gasteiger partial charge is 0.329 e. The van der Waals surface area contributed by atoms with Gasteiger partial charge in [0, 0.05) is 31.2 Å². The van der Waals surface area contributed by atoms with E-state index < -0.39 is 0 Å².